The van der Waals surface area contributed by atoms with Crippen molar-refractivity contribution in [2.45, 2.75) is 13.8 Å². The van der Waals surface area contributed by atoms with Gasteiger partial charge in [-0.05, 0) is 57.6 Å². The average Bonchev–Trinajstić information content (AvgIpc) is 2.73. The Morgan fingerprint density at radius 3 is 1.21 bits per heavy atom. The van der Waals surface area contributed by atoms with Gasteiger partial charge in [-0.15, -0.1) is 0 Å². The third-order valence-electron chi connectivity index (χ3n) is 5.55. The molecule has 0 unspecified atom stereocenters. The minimum absolute atomic E-state index is 1.27. The summed E-state index contributed by atoms with van der Waals surface area (Å²) in [6, 6.07) is 35.3. The van der Waals surface area contributed by atoms with Crippen molar-refractivity contribution in [3.63, 3.8) is 0 Å². The van der Waals surface area contributed by atoms with Crippen LogP contribution in [-0.2, 0) is 0 Å². The highest BCUT2D eigenvalue weighted by molar-refractivity contribution is 6.21. The van der Waals surface area contributed by atoms with Crippen LogP contribution < -0.4 is 0 Å². The SMILES string of the molecule is Cc1ccc2c(-c3ccccc3)c3ccc(C)cc3c(-c3ccccc3)c2c1. The fourth-order valence-electron chi connectivity index (χ4n) is 4.29. The number of fused-ring (bicyclic) bond motifs is 2. The summed E-state index contributed by atoms with van der Waals surface area (Å²) in [5.41, 5.74) is 7.77. The van der Waals surface area contributed by atoms with E-state index in [0.29, 0.717) is 0 Å². The van der Waals surface area contributed by atoms with E-state index in [9.17, 15) is 0 Å². The molecule has 28 heavy (non-hydrogen) atoms. The second-order valence-electron chi connectivity index (χ2n) is 7.58. The van der Waals surface area contributed by atoms with Gasteiger partial charge >= 0.3 is 0 Å². The van der Waals surface area contributed by atoms with Gasteiger partial charge in [0.25, 0.3) is 0 Å². The summed E-state index contributed by atoms with van der Waals surface area (Å²) in [7, 11) is 0. The van der Waals surface area contributed by atoms with Crippen LogP contribution in [0.5, 0.6) is 0 Å². The average molecular weight is 358 g/mol. The van der Waals surface area contributed by atoms with Gasteiger partial charge in [-0.2, -0.15) is 0 Å². The van der Waals surface area contributed by atoms with Crippen LogP contribution >= 0.6 is 0 Å². The van der Waals surface area contributed by atoms with Gasteiger partial charge in [0.05, 0.1) is 0 Å². The lowest BCUT2D eigenvalue weighted by molar-refractivity contribution is 1.49. The molecule has 0 amide bonds. The molecule has 0 aliphatic heterocycles. The van der Waals surface area contributed by atoms with Crippen LogP contribution in [0.1, 0.15) is 11.1 Å². The summed E-state index contributed by atoms with van der Waals surface area (Å²) in [6.07, 6.45) is 0. The molecule has 0 aliphatic carbocycles. The van der Waals surface area contributed by atoms with E-state index in [4.69, 9.17) is 0 Å². The molecule has 0 radical (unpaired) electrons. The van der Waals surface area contributed by atoms with E-state index in [1.54, 1.807) is 0 Å². The molecule has 0 saturated heterocycles. The van der Waals surface area contributed by atoms with Gasteiger partial charge in [0.2, 0.25) is 0 Å². The van der Waals surface area contributed by atoms with Crippen molar-refractivity contribution in [3.8, 4) is 22.3 Å². The van der Waals surface area contributed by atoms with E-state index < -0.39 is 0 Å². The zero-order valence-electron chi connectivity index (χ0n) is 16.2. The highest BCUT2D eigenvalue weighted by atomic mass is 14.2. The normalized spacial score (nSPS) is 11.2. The predicted octanol–water partition coefficient (Wildman–Crippen LogP) is 7.94. The van der Waals surface area contributed by atoms with Gasteiger partial charge < -0.3 is 0 Å². The summed E-state index contributed by atoms with van der Waals surface area (Å²) < 4.78 is 0. The Hall–Kier alpha value is -3.38. The largest absolute Gasteiger partial charge is 0.0622 e. The molecule has 5 aromatic rings. The third kappa shape index (κ3) is 2.70. The van der Waals surface area contributed by atoms with Crippen LogP contribution in [0.2, 0.25) is 0 Å². The molecular formula is C28H22. The summed E-state index contributed by atoms with van der Waals surface area (Å²) in [5, 5.41) is 5.27. The molecule has 0 aliphatic rings. The fourth-order valence-corrected chi connectivity index (χ4v) is 4.29. The third-order valence-corrected chi connectivity index (χ3v) is 5.55. The molecular weight excluding hydrogens is 336 g/mol. The molecule has 0 aromatic heterocycles. The molecule has 134 valence electrons. The molecule has 0 N–H and O–H groups in total. The Labute approximate surface area is 166 Å². The van der Waals surface area contributed by atoms with Crippen molar-refractivity contribution in [2.24, 2.45) is 0 Å². The number of rotatable bonds is 2. The minimum atomic E-state index is 1.27. The Morgan fingerprint density at radius 1 is 0.393 bits per heavy atom. The van der Waals surface area contributed by atoms with Crippen molar-refractivity contribution < 1.29 is 0 Å². The topological polar surface area (TPSA) is 0 Å². The van der Waals surface area contributed by atoms with Gasteiger partial charge in [0.1, 0.15) is 0 Å². The fraction of sp³-hybridized carbons (Fsp3) is 0.0714. The van der Waals surface area contributed by atoms with Crippen LogP contribution in [0.3, 0.4) is 0 Å². The number of aryl methyl sites for hydroxylation is 2. The molecule has 0 heteroatoms. The van der Waals surface area contributed by atoms with Gasteiger partial charge in [-0.1, -0.05) is 108 Å². The second kappa shape index (κ2) is 6.65. The highest BCUT2D eigenvalue weighted by Crippen LogP contribution is 2.44. The zero-order chi connectivity index (χ0) is 19.1. The van der Waals surface area contributed by atoms with Gasteiger partial charge in [0, 0.05) is 0 Å². The van der Waals surface area contributed by atoms with E-state index in [1.165, 1.54) is 54.9 Å². The standard InChI is InChI=1S/C28H22/c1-19-13-15-23-25(17-19)28(22-11-7-4-8-12-22)26-18-20(2)14-16-24(26)27(23)21-9-5-3-6-10-21/h3-18H,1-2H3. The van der Waals surface area contributed by atoms with Crippen molar-refractivity contribution in [3.05, 3.63) is 108 Å². The zero-order valence-corrected chi connectivity index (χ0v) is 16.2. The number of hydrogen-bond donors (Lipinski definition) is 0. The monoisotopic (exact) mass is 358 g/mol. The molecule has 0 nitrogen and oxygen atoms in total. The maximum Gasteiger partial charge on any atom is -0.00262 e. The highest BCUT2D eigenvalue weighted by Gasteiger charge is 2.16. The van der Waals surface area contributed by atoms with Crippen molar-refractivity contribution in [1.29, 1.82) is 0 Å². The van der Waals surface area contributed by atoms with Crippen LogP contribution in [0.4, 0.5) is 0 Å². The lowest BCUT2D eigenvalue weighted by Gasteiger charge is -2.18. The van der Waals surface area contributed by atoms with Crippen LogP contribution in [-0.4, -0.2) is 0 Å². The first-order valence-electron chi connectivity index (χ1n) is 9.80. The first-order chi connectivity index (χ1) is 13.7. The lowest BCUT2D eigenvalue weighted by atomic mass is 9.85. The molecule has 0 spiro atoms. The first-order valence-corrected chi connectivity index (χ1v) is 9.80. The molecule has 5 rings (SSSR count). The van der Waals surface area contributed by atoms with E-state index in [1.807, 2.05) is 0 Å². The Kier molecular flexibility index (Phi) is 3.98. The van der Waals surface area contributed by atoms with E-state index >= 15 is 0 Å². The minimum Gasteiger partial charge on any atom is -0.0622 e. The van der Waals surface area contributed by atoms with Gasteiger partial charge in [-0.25, -0.2) is 0 Å². The maximum atomic E-state index is 2.34. The Bertz CT molecular complexity index is 1230. The van der Waals surface area contributed by atoms with E-state index in [0.717, 1.165) is 0 Å². The van der Waals surface area contributed by atoms with Crippen LogP contribution in [0.15, 0.2) is 97.1 Å². The Morgan fingerprint density at radius 2 is 0.786 bits per heavy atom. The van der Waals surface area contributed by atoms with E-state index in [-0.39, 0.29) is 0 Å². The summed E-state index contributed by atoms with van der Waals surface area (Å²) >= 11 is 0. The predicted molar refractivity (Wildman–Crippen MR) is 122 cm³/mol. The molecule has 5 aromatic carbocycles. The van der Waals surface area contributed by atoms with Crippen LogP contribution in [0, 0.1) is 13.8 Å². The molecule has 0 saturated carbocycles. The quantitative estimate of drug-likeness (QED) is 0.281. The van der Waals surface area contributed by atoms with Crippen molar-refractivity contribution in [2.75, 3.05) is 0 Å². The van der Waals surface area contributed by atoms with Crippen molar-refractivity contribution >= 4 is 21.5 Å². The molecule has 0 fully saturated rings. The molecule has 0 heterocycles. The summed E-state index contributed by atoms with van der Waals surface area (Å²) in [6.45, 7) is 4.35. The maximum absolute atomic E-state index is 2.34. The molecule has 0 atom stereocenters. The van der Waals surface area contributed by atoms with Gasteiger partial charge in [0.15, 0.2) is 0 Å². The summed E-state index contributed by atoms with van der Waals surface area (Å²) in [4.78, 5) is 0. The summed E-state index contributed by atoms with van der Waals surface area (Å²) in [5.74, 6) is 0. The Balaban J connectivity index is 2.05. The number of benzene rings is 5. The second-order valence-corrected chi connectivity index (χ2v) is 7.58. The van der Waals surface area contributed by atoms with Crippen LogP contribution in [0.25, 0.3) is 43.8 Å². The van der Waals surface area contributed by atoms with Crippen molar-refractivity contribution in [1.82, 2.24) is 0 Å². The smallest absolute Gasteiger partial charge is 0.00262 e. The first kappa shape index (κ1) is 16.8. The molecule has 0 bridgehead atoms. The van der Waals surface area contributed by atoms with E-state index in [2.05, 4.69) is 111 Å². The van der Waals surface area contributed by atoms with Gasteiger partial charge in [-0.3, -0.25) is 0 Å². The lowest BCUT2D eigenvalue weighted by Crippen LogP contribution is -1.92. The number of hydrogen-bond acceptors (Lipinski definition) is 0.